The van der Waals surface area contributed by atoms with Crippen LogP contribution in [0.25, 0.3) is 0 Å². The fraction of sp³-hybridized carbons (Fsp3) is 0.571. The van der Waals surface area contributed by atoms with Crippen molar-refractivity contribution in [3.05, 3.63) is 18.6 Å². The van der Waals surface area contributed by atoms with Gasteiger partial charge in [0.1, 0.15) is 0 Å². The molecule has 1 radical (unpaired) electrons. The number of hydrogen-bond acceptors (Lipinski definition) is 0. The molecule has 0 fully saturated rings. The molecule has 0 aromatic rings. The van der Waals surface area contributed by atoms with Gasteiger partial charge in [-0.2, -0.15) is 0 Å². The molecule has 0 aromatic heterocycles. The van der Waals surface area contributed by atoms with E-state index in [1.807, 2.05) is 13.0 Å². The topological polar surface area (TPSA) is 0 Å². The third-order valence-electron chi connectivity index (χ3n) is 1.11. The Morgan fingerprint density at radius 3 is 2.00 bits per heavy atom. The smallest absolute Gasteiger partial charge is 0.0260 e. The quantitative estimate of drug-likeness (QED) is 0.471. The Morgan fingerprint density at radius 1 is 1.57 bits per heavy atom. The molecule has 0 rings (SSSR count). The van der Waals surface area contributed by atoms with Crippen molar-refractivity contribution in [3.63, 3.8) is 0 Å². The van der Waals surface area contributed by atoms with E-state index in [-0.39, 0.29) is 0 Å². The van der Waals surface area contributed by atoms with Crippen molar-refractivity contribution in [1.29, 1.82) is 0 Å². The Morgan fingerprint density at radius 2 is 2.00 bits per heavy atom. The third-order valence-corrected chi connectivity index (χ3v) is 1.11. The summed E-state index contributed by atoms with van der Waals surface area (Å²) in [5, 5.41) is 0. The Balaban J connectivity index is 3.56. The first kappa shape index (κ1) is 6.74. The fourth-order valence-electron chi connectivity index (χ4n) is 0.333. The van der Waals surface area contributed by atoms with Crippen LogP contribution in [0.2, 0.25) is 0 Å². The molecule has 0 amide bonds. The van der Waals surface area contributed by atoms with E-state index < -0.39 is 0 Å². The molecule has 0 atom stereocenters. The zero-order chi connectivity index (χ0) is 5.86. The fourth-order valence-corrected chi connectivity index (χ4v) is 0.333. The van der Waals surface area contributed by atoms with Crippen molar-refractivity contribution in [1.82, 2.24) is 0 Å². The van der Waals surface area contributed by atoms with E-state index in [2.05, 4.69) is 20.8 Å². The predicted octanol–water partition coefficient (Wildman–Crippen LogP) is 2.42. The predicted molar refractivity (Wildman–Crippen MR) is 34.0 cm³/mol. The Bertz CT molecular complexity index is 68.1. The third kappa shape index (κ3) is 2.44. The average molecular weight is 97.2 g/mol. The summed E-state index contributed by atoms with van der Waals surface area (Å²) in [7, 11) is 0. The second-order valence-electron chi connectivity index (χ2n) is 2.02. The minimum Gasteiger partial charge on any atom is -0.0882 e. The van der Waals surface area contributed by atoms with Gasteiger partial charge in [0, 0.05) is 0 Å². The van der Waals surface area contributed by atoms with Crippen molar-refractivity contribution in [2.75, 3.05) is 0 Å². The van der Waals surface area contributed by atoms with E-state index in [4.69, 9.17) is 0 Å². The van der Waals surface area contributed by atoms with Crippen LogP contribution in [0.1, 0.15) is 20.8 Å². The first-order valence-electron chi connectivity index (χ1n) is 2.66. The van der Waals surface area contributed by atoms with Gasteiger partial charge in [-0.1, -0.05) is 25.5 Å². The van der Waals surface area contributed by atoms with Crippen LogP contribution in [-0.2, 0) is 0 Å². The van der Waals surface area contributed by atoms with E-state index in [0.29, 0.717) is 5.92 Å². The van der Waals surface area contributed by atoms with Gasteiger partial charge < -0.3 is 0 Å². The minimum absolute atomic E-state index is 0.616. The summed E-state index contributed by atoms with van der Waals surface area (Å²) < 4.78 is 0. The number of allylic oxidation sites excluding steroid dienone is 2. The van der Waals surface area contributed by atoms with Crippen LogP contribution in [0.5, 0.6) is 0 Å². The highest BCUT2D eigenvalue weighted by Gasteiger charge is 1.90. The van der Waals surface area contributed by atoms with Crippen LogP contribution < -0.4 is 0 Å². The largest absolute Gasteiger partial charge is 0.0882 e. The zero-order valence-electron chi connectivity index (χ0n) is 5.36. The van der Waals surface area contributed by atoms with E-state index in [0.717, 1.165) is 0 Å². The van der Waals surface area contributed by atoms with Crippen LogP contribution in [0.4, 0.5) is 0 Å². The van der Waals surface area contributed by atoms with Crippen LogP contribution in [0, 0.1) is 12.8 Å². The number of hydrogen-bond donors (Lipinski definition) is 0. The maximum absolute atomic E-state index is 3.82. The second-order valence-corrected chi connectivity index (χ2v) is 2.02. The lowest BCUT2D eigenvalue weighted by Crippen LogP contribution is -1.86. The Labute approximate surface area is 46.2 Å². The monoisotopic (exact) mass is 97.1 g/mol. The second kappa shape index (κ2) is 2.84. The first-order valence-corrected chi connectivity index (χ1v) is 2.66. The van der Waals surface area contributed by atoms with Gasteiger partial charge in [-0.15, -0.1) is 0 Å². The molecule has 0 N–H and O–H groups in total. The zero-order valence-corrected chi connectivity index (χ0v) is 5.36. The van der Waals surface area contributed by atoms with Gasteiger partial charge in [0.2, 0.25) is 0 Å². The minimum atomic E-state index is 0.616. The maximum Gasteiger partial charge on any atom is -0.0260 e. The van der Waals surface area contributed by atoms with Crippen molar-refractivity contribution in [2.45, 2.75) is 20.8 Å². The first-order chi connectivity index (χ1) is 3.18. The summed E-state index contributed by atoms with van der Waals surface area (Å²) in [6.45, 7) is 10.1. The number of rotatable bonds is 1. The SMILES string of the molecule is [CH2]/C(=C/C)C(C)C. The molecule has 0 heterocycles. The summed E-state index contributed by atoms with van der Waals surface area (Å²) >= 11 is 0. The highest BCUT2D eigenvalue weighted by molar-refractivity contribution is 5.05. The van der Waals surface area contributed by atoms with Crippen molar-refractivity contribution < 1.29 is 0 Å². The van der Waals surface area contributed by atoms with E-state index in [1.54, 1.807) is 0 Å². The van der Waals surface area contributed by atoms with E-state index in [1.165, 1.54) is 5.57 Å². The van der Waals surface area contributed by atoms with Gasteiger partial charge in [-0.25, -0.2) is 0 Å². The molecule has 0 unspecified atom stereocenters. The summed E-state index contributed by atoms with van der Waals surface area (Å²) in [5.74, 6) is 0.616. The molecular weight excluding hydrogens is 84.1 g/mol. The van der Waals surface area contributed by atoms with Gasteiger partial charge in [0.25, 0.3) is 0 Å². The molecule has 0 spiro atoms. The Hall–Kier alpha value is -0.260. The molecular formula is C7H13. The Kier molecular flexibility index (Phi) is 2.73. The summed E-state index contributed by atoms with van der Waals surface area (Å²) in [5.41, 5.74) is 1.22. The highest BCUT2D eigenvalue weighted by Crippen LogP contribution is 2.05. The molecule has 0 bridgehead atoms. The van der Waals surface area contributed by atoms with Gasteiger partial charge >= 0.3 is 0 Å². The molecule has 0 aliphatic carbocycles. The van der Waals surface area contributed by atoms with E-state index in [9.17, 15) is 0 Å². The molecule has 7 heavy (non-hydrogen) atoms. The summed E-state index contributed by atoms with van der Waals surface area (Å²) in [4.78, 5) is 0. The lowest BCUT2D eigenvalue weighted by atomic mass is 10.1. The van der Waals surface area contributed by atoms with Crippen LogP contribution in [0.3, 0.4) is 0 Å². The van der Waals surface area contributed by atoms with E-state index >= 15 is 0 Å². The lowest BCUT2D eigenvalue weighted by Gasteiger charge is -2.00. The van der Waals surface area contributed by atoms with Crippen molar-refractivity contribution >= 4 is 0 Å². The molecule has 0 aromatic carbocycles. The van der Waals surface area contributed by atoms with Crippen LogP contribution in [-0.4, -0.2) is 0 Å². The highest BCUT2D eigenvalue weighted by atomic mass is 14.0. The van der Waals surface area contributed by atoms with Crippen LogP contribution in [0.15, 0.2) is 11.6 Å². The molecule has 0 nitrogen and oxygen atoms in total. The maximum atomic E-state index is 3.82. The standard InChI is InChI=1S/C7H13/c1-5-7(4)6(2)3/h5-6H,4H2,1-3H3/b7-5-. The van der Waals surface area contributed by atoms with Crippen molar-refractivity contribution in [3.8, 4) is 0 Å². The summed E-state index contributed by atoms with van der Waals surface area (Å²) in [6.07, 6.45) is 2.05. The van der Waals surface area contributed by atoms with Gasteiger partial charge in [0.15, 0.2) is 0 Å². The van der Waals surface area contributed by atoms with Gasteiger partial charge in [-0.05, 0) is 19.8 Å². The average Bonchev–Trinajstić information content (AvgIpc) is 1.65. The van der Waals surface area contributed by atoms with Gasteiger partial charge in [-0.3, -0.25) is 0 Å². The molecule has 0 saturated heterocycles. The normalized spacial score (nSPS) is 13.0. The van der Waals surface area contributed by atoms with Crippen LogP contribution >= 0.6 is 0 Å². The molecule has 0 aliphatic rings. The molecule has 41 valence electrons. The summed E-state index contributed by atoms with van der Waals surface area (Å²) in [6, 6.07) is 0. The van der Waals surface area contributed by atoms with Crippen molar-refractivity contribution in [2.24, 2.45) is 5.92 Å². The lowest BCUT2D eigenvalue weighted by molar-refractivity contribution is 0.788. The molecule has 0 aliphatic heterocycles. The molecule has 0 heteroatoms. The van der Waals surface area contributed by atoms with Gasteiger partial charge in [0.05, 0.1) is 0 Å². The molecule has 0 saturated carbocycles.